The minimum atomic E-state index is 0.482. The summed E-state index contributed by atoms with van der Waals surface area (Å²) in [7, 11) is 0. The van der Waals surface area contributed by atoms with E-state index in [1.165, 1.54) is 38.7 Å². The zero-order valence-electron chi connectivity index (χ0n) is 17.8. The largest absolute Gasteiger partial charge is 0.343 e. The first-order valence-electron chi connectivity index (χ1n) is 10.3. The van der Waals surface area contributed by atoms with Crippen LogP contribution in [0.25, 0.3) is 33.1 Å². The quantitative estimate of drug-likeness (QED) is 0.393. The van der Waals surface area contributed by atoms with Crippen LogP contribution in [0.2, 0.25) is 0 Å². The molecule has 4 rings (SSSR count). The maximum absolute atomic E-state index is 5.03. The molecule has 144 valence electrons. The van der Waals surface area contributed by atoms with Crippen LogP contribution in [0, 0.1) is 27.7 Å². The highest BCUT2D eigenvalue weighted by Gasteiger charge is 2.19. The number of benzene rings is 1. The zero-order chi connectivity index (χ0) is 20.0. The van der Waals surface area contributed by atoms with E-state index in [1.807, 2.05) is 6.20 Å². The fourth-order valence-electron chi connectivity index (χ4n) is 4.75. The molecule has 28 heavy (non-hydrogen) atoms. The minimum absolute atomic E-state index is 0.482. The van der Waals surface area contributed by atoms with Gasteiger partial charge in [-0.1, -0.05) is 31.5 Å². The first kappa shape index (κ1) is 18.7. The fourth-order valence-corrected chi connectivity index (χ4v) is 4.75. The molecule has 0 amide bonds. The summed E-state index contributed by atoms with van der Waals surface area (Å²) < 4.78 is 2.41. The van der Waals surface area contributed by atoms with Gasteiger partial charge in [0.05, 0.1) is 11.0 Å². The van der Waals surface area contributed by atoms with Crippen molar-refractivity contribution in [3.05, 3.63) is 59.0 Å². The predicted molar refractivity (Wildman–Crippen MR) is 119 cm³/mol. The van der Waals surface area contributed by atoms with E-state index in [-0.39, 0.29) is 0 Å². The van der Waals surface area contributed by atoms with Gasteiger partial charge in [0.25, 0.3) is 0 Å². The van der Waals surface area contributed by atoms with Crippen LogP contribution >= 0.6 is 0 Å². The topological polar surface area (TPSA) is 30.7 Å². The average molecular weight is 372 g/mol. The molecule has 0 unspecified atom stereocenters. The lowest BCUT2D eigenvalue weighted by Gasteiger charge is -2.18. The van der Waals surface area contributed by atoms with Gasteiger partial charge < -0.3 is 4.57 Å². The molecule has 0 N–H and O–H groups in total. The van der Waals surface area contributed by atoms with Crippen LogP contribution in [0.15, 0.2) is 36.7 Å². The summed E-state index contributed by atoms with van der Waals surface area (Å²) in [6, 6.07) is 9.32. The van der Waals surface area contributed by atoms with Gasteiger partial charge in [0, 0.05) is 35.1 Å². The van der Waals surface area contributed by atoms with Gasteiger partial charge in [-0.2, -0.15) is 0 Å². The Bertz CT molecular complexity index is 1160. The van der Waals surface area contributed by atoms with E-state index < -0.39 is 0 Å². The zero-order valence-corrected chi connectivity index (χ0v) is 17.8. The lowest BCUT2D eigenvalue weighted by molar-refractivity contribution is 0.486. The van der Waals surface area contributed by atoms with E-state index in [0.29, 0.717) is 6.04 Å². The SMILES string of the molecule is CCC(CC)n1ccc2c(C)nc3c(-c4c(C)cc(C)cc4C)ccnc3c21. The Morgan fingerprint density at radius 3 is 2.25 bits per heavy atom. The molecule has 0 aliphatic carbocycles. The molecule has 0 saturated heterocycles. The normalized spacial score (nSPS) is 11.8. The number of aromatic nitrogens is 3. The van der Waals surface area contributed by atoms with Crippen molar-refractivity contribution in [1.29, 1.82) is 0 Å². The number of nitrogens with zero attached hydrogens (tertiary/aromatic N) is 3. The molecule has 0 radical (unpaired) electrons. The summed E-state index contributed by atoms with van der Waals surface area (Å²) in [6.45, 7) is 13.2. The average Bonchev–Trinajstić information content (AvgIpc) is 3.09. The highest BCUT2D eigenvalue weighted by Crippen LogP contribution is 2.37. The molecular formula is C25H29N3. The summed E-state index contributed by atoms with van der Waals surface area (Å²) in [5.41, 5.74) is 10.7. The monoisotopic (exact) mass is 371 g/mol. The van der Waals surface area contributed by atoms with Crippen molar-refractivity contribution in [3.8, 4) is 11.1 Å². The lowest BCUT2D eigenvalue weighted by atomic mass is 9.93. The van der Waals surface area contributed by atoms with Crippen LogP contribution < -0.4 is 0 Å². The number of pyridine rings is 2. The molecule has 1 aromatic carbocycles. The van der Waals surface area contributed by atoms with E-state index in [1.54, 1.807) is 0 Å². The minimum Gasteiger partial charge on any atom is -0.343 e. The van der Waals surface area contributed by atoms with Crippen LogP contribution in [-0.4, -0.2) is 14.5 Å². The second kappa shape index (κ2) is 7.05. The highest BCUT2D eigenvalue weighted by atomic mass is 15.0. The van der Waals surface area contributed by atoms with Crippen LogP contribution in [0.3, 0.4) is 0 Å². The smallest absolute Gasteiger partial charge is 0.114 e. The first-order valence-corrected chi connectivity index (χ1v) is 10.3. The molecule has 3 heteroatoms. The van der Waals surface area contributed by atoms with Crippen LogP contribution in [0.4, 0.5) is 0 Å². The fraction of sp³-hybridized carbons (Fsp3) is 0.360. The Morgan fingerprint density at radius 2 is 1.61 bits per heavy atom. The second-order valence-corrected chi connectivity index (χ2v) is 7.98. The Balaban J connectivity index is 2.11. The van der Waals surface area contributed by atoms with Crippen molar-refractivity contribution >= 4 is 21.9 Å². The molecule has 0 spiro atoms. The lowest BCUT2D eigenvalue weighted by Crippen LogP contribution is -2.06. The van der Waals surface area contributed by atoms with E-state index in [4.69, 9.17) is 9.97 Å². The number of aryl methyl sites for hydroxylation is 4. The third kappa shape index (κ3) is 2.81. The third-order valence-corrected chi connectivity index (χ3v) is 6.02. The predicted octanol–water partition coefficient (Wildman–Crippen LogP) is 6.85. The maximum Gasteiger partial charge on any atom is 0.114 e. The Morgan fingerprint density at radius 1 is 0.929 bits per heavy atom. The molecule has 0 aliphatic rings. The Hall–Kier alpha value is -2.68. The number of fused-ring (bicyclic) bond motifs is 3. The maximum atomic E-state index is 5.03. The Labute approximate surface area is 167 Å². The summed E-state index contributed by atoms with van der Waals surface area (Å²) >= 11 is 0. The molecule has 0 saturated carbocycles. The molecule has 4 aromatic rings. The van der Waals surface area contributed by atoms with Crippen molar-refractivity contribution in [2.45, 2.75) is 60.4 Å². The molecule has 3 heterocycles. The van der Waals surface area contributed by atoms with Crippen molar-refractivity contribution < 1.29 is 0 Å². The van der Waals surface area contributed by atoms with E-state index in [0.717, 1.165) is 29.6 Å². The van der Waals surface area contributed by atoms with Crippen LogP contribution in [0.1, 0.15) is 55.1 Å². The van der Waals surface area contributed by atoms with Crippen molar-refractivity contribution in [2.24, 2.45) is 0 Å². The molecular weight excluding hydrogens is 342 g/mol. The van der Waals surface area contributed by atoms with Gasteiger partial charge in [0.15, 0.2) is 0 Å². The second-order valence-electron chi connectivity index (χ2n) is 7.98. The molecule has 3 nitrogen and oxygen atoms in total. The van der Waals surface area contributed by atoms with Crippen molar-refractivity contribution in [3.63, 3.8) is 0 Å². The van der Waals surface area contributed by atoms with E-state index in [9.17, 15) is 0 Å². The number of hydrogen-bond donors (Lipinski definition) is 0. The van der Waals surface area contributed by atoms with Gasteiger partial charge in [-0.15, -0.1) is 0 Å². The standard InChI is InChI=1S/C25H29N3/c1-7-19(8-2)28-12-10-20-18(6)27-23-21(9-11-26-24(23)25(20)28)22-16(4)13-15(3)14-17(22)5/h9-14,19H,7-8H2,1-6H3. The van der Waals surface area contributed by atoms with Crippen LogP contribution in [0.5, 0.6) is 0 Å². The molecule has 0 aliphatic heterocycles. The number of hydrogen-bond acceptors (Lipinski definition) is 2. The van der Waals surface area contributed by atoms with Crippen LogP contribution in [-0.2, 0) is 0 Å². The summed E-state index contributed by atoms with van der Waals surface area (Å²) in [5.74, 6) is 0. The molecule has 0 atom stereocenters. The van der Waals surface area contributed by atoms with Crippen molar-refractivity contribution in [2.75, 3.05) is 0 Å². The first-order chi connectivity index (χ1) is 13.5. The Kier molecular flexibility index (Phi) is 4.70. The van der Waals surface area contributed by atoms with Crippen molar-refractivity contribution in [1.82, 2.24) is 14.5 Å². The van der Waals surface area contributed by atoms with Gasteiger partial charge in [0.1, 0.15) is 5.52 Å². The van der Waals surface area contributed by atoms with E-state index >= 15 is 0 Å². The van der Waals surface area contributed by atoms with Gasteiger partial charge in [0.2, 0.25) is 0 Å². The summed E-state index contributed by atoms with van der Waals surface area (Å²) in [6.07, 6.45) is 6.38. The summed E-state index contributed by atoms with van der Waals surface area (Å²) in [4.78, 5) is 9.85. The van der Waals surface area contributed by atoms with Gasteiger partial charge in [-0.25, -0.2) is 0 Å². The van der Waals surface area contributed by atoms with Gasteiger partial charge >= 0.3 is 0 Å². The van der Waals surface area contributed by atoms with Gasteiger partial charge in [-0.3, -0.25) is 9.97 Å². The van der Waals surface area contributed by atoms with E-state index in [2.05, 4.69) is 76.6 Å². The summed E-state index contributed by atoms with van der Waals surface area (Å²) in [5, 5.41) is 1.21. The molecule has 3 aromatic heterocycles. The number of rotatable bonds is 4. The molecule has 0 bridgehead atoms. The molecule has 0 fully saturated rings. The highest BCUT2D eigenvalue weighted by molar-refractivity contribution is 6.07. The third-order valence-electron chi connectivity index (χ3n) is 6.02. The van der Waals surface area contributed by atoms with Gasteiger partial charge in [-0.05, 0) is 69.4 Å².